The van der Waals surface area contributed by atoms with E-state index in [1.807, 2.05) is 54.6 Å². The Bertz CT molecular complexity index is 1110. The van der Waals surface area contributed by atoms with E-state index >= 15 is 0 Å². The van der Waals surface area contributed by atoms with Gasteiger partial charge >= 0.3 is 0 Å². The zero-order chi connectivity index (χ0) is 25.2. The summed E-state index contributed by atoms with van der Waals surface area (Å²) >= 11 is 6.40. The number of benzene rings is 3. The summed E-state index contributed by atoms with van der Waals surface area (Å²) in [5.41, 5.74) is 4.40. The van der Waals surface area contributed by atoms with Crippen LogP contribution in [0.4, 0.5) is 5.69 Å². The summed E-state index contributed by atoms with van der Waals surface area (Å²) in [5, 5.41) is 3.81. The number of carbonyl (C=O) groups is 1. The molecule has 0 aliphatic carbocycles. The lowest BCUT2D eigenvalue weighted by atomic mass is 9.99. The van der Waals surface area contributed by atoms with Crippen molar-refractivity contribution < 1.29 is 9.53 Å². The number of halogens is 1. The van der Waals surface area contributed by atoms with Crippen molar-refractivity contribution in [1.82, 2.24) is 10.2 Å². The van der Waals surface area contributed by atoms with Crippen molar-refractivity contribution >= 4 is 23.2 Å². The number of nitrogens with one attached hydrogen (secondary N) is 1. The number of piperazine rings is 1. The summed E-state index contributed by atoms with van der Waals surface area (Å²) in [7, 11) is 1.70. The molecule has 190 valence electrons. The first kappa shape index (κ1) is 26.1. The molecule has 1 fully saturated rings. The number of rotatable bonds is 11. The van der Waals surface area contributed by atoms with Crippen LogP contribution < -0.4 is 15.0 Å². The molecule has 0 aromatic heterocycles. The highest BCUT2D eigenvalue weighted by Gasteiger charge is 2.17. The van der Waals surface area contributed by atoms with Crippen molar-refractivity contribution in [2.24, 2.45) is 0 Å². The first-order valence-electron chi connectivity index (χ1n) is 12.8. The minimum absolute atomic E-state index is 0.108. The molecule has 1 amide bonds. The summed E-state index contributed by atoms with van der Waals surface area (Å²) in [5.74, 6) is 1.00. The molecule has 36 heavy (non-hydrogen) atoms. The highest BCUT2D eigenvalue weighted by molar-refractivity contribution is 6.33. The summed E-state index contributed by atoms with van der Waals surface area (Å²) in [6, 6.07) is 24.2. The standard InChI is InChI=1S/C30H36ClN3O2/c1-36-26-16-14-25(15-17-26)34-21-19-33(20-22-34)18-8-2-3-13-30(35)32-23-24-9-4-5-10-27(24)28-11-6-7-12-29(28)31/h4-7,9-12,14-17H,2-3,8,13,18-23H2,1H3,(H,32,35). The number of hydrogen-bond donors (Lipinski definition) is 1. The average molecular weight is 506 g/mol. The number of nitrogens with zero attached hydrogens (tertiary/aromatic N) is 2. The smallest absolute Gasteiger partial charge is 0.220 e. The van der Waals surface area contributed by atoms with Gasteiger partial charge in [0.25, 0.3) is 0 Å². The Morgan fingerprint density at radius 3 is 2.28 bits per heavy atom. The third-order valence-corrected chi connectivity index (χ3v) is 7.18. The molecule has 0 radical (unpaired) electrons. The Morgan fingerprint density at radius 2 is 1.56 bits per heavy atom. The molecule has 1 aliphatic heterocycles. The summed E-state index contributed by atoms with van der Waals surface area (Å²) in [6.45, 7) is 5.87. The Morgan fingerprint density at radius 1 is 0.861 bits per heavy atom. The second-order valence-corrected chi connectivity index (χ2v) is 9.66. The molecular weight excluding hydrogens is 470 g/mol. The molecule has 6 heteroatoms. The molecule has 0 atom stereocenters. The SMILES string of the molecule is COc1ccc(N2CCN(CCCCCC(=O)NCc3ccccc3-c3ccccc3Cl)CC2)cc1. The molecule has 1 N–H and O–H groups in total. The van der Waals surface area contributed by atoms with E-state index < -0.39 is 0 Å². The fraction of sp³-hybridized carbons (Fsp3) is 0.367. The lowest BCUT2D eigenvalue weighted by molar-refractivity contribution is -0.121. The minimum Gasteiger partial charge on any atom is -0.497 e. The van der Waals surface area contributed by atoms with Crippen LogP contribution in [0, 0.1) is 0 Å². The first-order valence-corrected chi connectivity index (χ1v) is 13.2. The van der Waals surface area contributed by atoms with E-state index in [9.17, 15) is 4.79 Å². The number of methoxy groups -OCH3 is 1. The molecule has 3 aromatic rings. The molecular formula is C30H36ClN3O2. The van der Waals surface area contributed by atoms with Crippen LogP contribution in [-0.4, -0.2) is 50.6 Å². The van der Waals surface area contributed by atoms with Gasteiger partial charge < -0.3 is 15.0 Å². The van der Waals surface area contributed by atoms with Crippen molar-refractivity contribution in [2.45, 2.75) is 32.2 Å². The molecule has 0 saturated carbocycles. The van der Waals surface area contributed by atoms with Crippen LogP contribution in [-0.2, 0) is 11.3 Å². The van der Waals surface area contributed by atoms with Crippen LogP contribution in [0.15, 0.2) is 72.8 Å². The number of anilines is 1. The zero-order valence-electron chi connectivity index (χ0n) is 21.1. The molecule has 1 saturated heterocycles. The largest absolute Gasteiger partial charge is 0.497 e. The van der Waals surface area contributed by atoms with Gasteiger partial charge in [-0.2, -0.15) is 0 Å². The lowest BCUT2D eigenvalue weighted by Gasteiger charge is -2.36. The van der Waals surface area contributed by atoms with Gasteiger partial charge in [0.2, 0.25) is 5.91 Å². The van der Waals surface area contributed by atoms with Gasteiger partial charge in [-0.05, 0) is 60.8 Å². The fourth-order valence-corrected chi connectivity index (χ4v) is 4.96. The first-order chi connectivity index (χ1) is 17.6. The van der Waals surface area contributed by atoms with Gasteiger partial charge in [0.05, 0.1) is 7.11 Å². The molecule has 5 nitrogen and oxygen atoms in total. The van der Waals surface area contributed by atoms with Crippen LogP contribution in [0.2, 0.25) is 5.02 Å². The molecule has 4 rings (SSSR count). The van der Waals surface area contributed by atoms with E-state index in [0.29, 0.717) is 13.0 Å². The van der Waals surface area contributed by atoms with Crippen molar-refractivity contribution in [1.29, 1.82) is 0 Å². The molecule has 1 heterocycles. The van der Waals surface area contributed by atoms with E-state index in [2.05, 4.69) is 33.3 Å². The van der Waals surface area contributed by atoms with Gasteiger partial charge in [0.15, 0.2) is 0 Å². The van der Waals surface area contributed by atoms with E-state index in [0.717, 1.165) is 79.4 Å². The van der Waals surface area contributed by atoms with Crippen molar-refractivity contribution in [2.75, 3.05) is 44.7 Å². The molecule has 1 aliphatic rings. The molecule has 0 spiro atoms. The Kier molecular flexibility index (Phi) is 9.65. The maximum atomic E-state index is 12.4. The summed E-state index contributed by atoms with van der Waals surface area (Å²) in [4.78, 5) is 17.4. The monoisotopic (exact) mass is 505 g/mol. The van der Waals surface area contributed by atoms with Crippen molar-refractivity contribution in [3.63, 3.8) is 0 Å². The van der Waals surface area contributed by atoms with E-state index in [1.54, 1.807) is 7.11 Å². The third kappa shape index (κ3) is 7.25. The second kappa shape index (κ2) is 13.3. The number of amides is 1. The van der Waals surface area contributed by atoms with Gasteiger partial charge in [-0.3, -0.25) is 9.69 Å². The quantitative estimate of drug-likeness (QED) is 0.324. The number of hydrogen-bond acceptors (Lipinski definition) is 4. The van der Waals surface area contributed by atoms with E-state index in [1.165, 1.54) is 5.69 Å². The fourth-order valence-electron chi connectivity index (χ4n) is 4.72. The van der Waals surface area contributed by atoms with Crippen LogP contribution in [0.3, 0.4) is 0 Å². The van der Waals surface area contributed by atoms with Crippen molar-refractivity contribution in [3.8, 4) is 16.9 Å². The average Bonchev–Trinajstić information content (AvgIpc) is 2.93. The number of carbonyl (C=O) groups excluding carboxylic acids is 1. The Hall–Kier alpha value is -3.02. The van der Waals surface area contributed by atoms with Gasteiger partial charge in [0.1, 0.15) is 5.75 Å². The predicted octanol–water partition coefficient (Wildman–Crippen LogP) is 6.01. The number of unbranched alkanes of at least 4 members (excludes halogenated alkanes) is 2. The topological polar surface area (TPSA) is 44.8 Å². The van der Waals surface area contributed by atoms with E-state index in [4.69, 9.17) is 16.3 Å². The van der Waals surface area contributed by atoms with Gasteiger partial charge in [-0.1, -0.05) is 60.5 Å². The molecule has 3 aromatic carbocycles. The van der Waals surface area contributed by atoms with Crippen LogP contribution in [0.25, 0.3) is 11.1 Å². The van der Waals surface area contributed by atoms with Crippen LogP contribution in [0.1, 0.15) is 31.2 Å². The Balaban J connectivity index is 1.12. The van der Waals surface area contributed by atoms with Crippen LogP contribution >= 0.6 is 11.6 Å². The van der Waals surface area contributed by atoms with Crippen LogP contribution in [0.5, 0.6) is 5.75 Å². The van der Waals surface area contributed by atoms with Gasteiger partial charge in [-0.15, -0.1) is 0 Å². The molecule has 0 unspecified atom stereocenters. The second-order valence-electron chi connectivity index (χ2n) is 9.25. The normalized spacial score (nSPS) is 14.0. The lowest BCUT2D eigenvalue weighted by Crippen LogP contribution is -2.46. The summed E-state index contributed by atoms with van der Waals surface area (Å²) < 4.78 is 5.26. The zero-order valence-corrected chi connectivity index (χ0v) is 21.8. The maximum Gasteiger partial charge on any atom is 0.220 e. The van der Waals surface area contributed by atoms with Gasteiger partial charge in [-0.25, -0.2) is 0 Å². The summed E-state index contributed by atoms with van der Waals surface area (Å²) in [6.07, 6.45) is 3.69. The minimum atomic E-state index is 0.108. The maximum absolute atomic E-state index is 12.4. The third-order valence-electron chi connectivity index (χ3n) is 6.85. The predicted molar refractivity (Wildman–Crippen MR) is 149 cm³/mol. The van der Waals surface area contributed by atoms with Crippen molar-refractivity contribution in [3.05, 3.63) is 83.4 Å². The Labute approximate surface area is 220 Å². The highest BCUT2D eigenvalue weighted by Crippen LogP contribution is 2.30. The highest BCUT2D eigenvalue weighted by atomic mass is 35.5. The van der Waals surface area contributed by atoms with E-state index in [-0.39, 0.29) is 5.91 Å². The van der Waals surface area contributed by atoms with Gasteiger partial charge in [0, 0.05) is 55.4 Å². The molecule has 0 bridgehead atoms. The number of ether oxygens (including phenoxy) is 1.